The maximum atomic E-state index is 12.5. The van der Waals surface area contributed by atoms with Crippen LogP contribution in [0.5, 0.6) is 0 Å². The minimum atomic E-state index is -5.32. The molecule has 0 aliphatic carbocycles. The van der Waals surface area contributed by atoms with Gasteiger partial charge in [0, 0.05) is 16.5 Å². The lowest BCUT2D eigenvalue weighted by atomic mass is 9.98. The third-order valence-corrected chi connectivity index (χ3v) is 8.29. The smallest absolute Gasteiger partial charge is 0.297 e. The molecule has 0 saturated heterocycles. The number of hydrogen-bond acceptors (Lipinski definition) is 9. The van der Waals surface area contributed by atoms with Gasteiger partial charge in [-0.25, -0.2) is 8.42 Å². The summed E-state index contributed by atoms with van der Waals surface area (Å²) >= 11 is 0. The molecule has 0 bridgehead atoms. The first-order valence-corrected chi connectivity index (χ1v) is 13.8. The molecule has 0 unspecified atom stereocenters. The van der Waals surface area contributed by atoms with Gasteiger partial charge in [0.25, 0.3) is 32.1 Å². The van der Waals surface area contributed by atoms with Crippen LogP contribution < -0.4 is 10.6 Å². The fourth-order valence-electron chi connectivity index (χ4n) is 3.75. The zero-order chi connectivity index (χ0) is 25.9. The highest BCUT2D eigenvalue weighted by atomic mass is 32.2. The summed E-state index contributed by atoms with van der Waals surface area (Å²) in [6.45, 7) is 3.21. The monoisotopic (exact) mass is 538 g/mol. The molecule has 12 nitrogen and oxygen atoms in total. The van der Waals surface area contributed by atoms with Crippen molar-refractivity contribution >= 4 is 64.0 Å². The van der Waals surface area contributed by atoms with Gasteiger partial charge in [0.1, 0.15) is 9.79 Å². The van der Waals surface area contributed by atoms with Gasteiger partial charge in [0.05, 0.1) is 21.7 Å². The average molecular weight is 539 g/mol. The van der Waals surface area contributed by atoms with Gasteiger partial charge in [0.2, 0.25) is 0 Å². The molecule has 0 aromatic heterocycles. The van der Waals surface area contributed by atoms with E-state index in [4.69, 9.17) is 0 Å². The predicted molar refractivity (Wildman–Crippen MR) is 122 cm³/mol. The molecule has 35 heavy (non-hydrogen) atoms. The Labute approximate surface area is 198 Å². The summed E-state index contributed by atoms with van der Waals surface area (Å²) in [4.78, 5) is 22.7. The normalized spacial score (nSPS) is 14.0. The van der Waals surface area contributed by atoms with E-state index >= 15 is 0 Å². The zero-order valence-corrected chi connectivity index (χ0v) is 19.7. The molecule has 3 aromatic carbocycles. The van der Waals surface area contributed by atoms with Crippen LogP contribution in [0.4, 0.5) is 11.4 Å². The Bertz CT molecular complexity index is 1810. The minimum absolute atomic E-state index is 0.103. The number of carbonyl (C=O) groups is 2. The quantitative estimate of drug-likeness (QED) is 0.264. The lowest BCUT2D eigenvalue weighted by Gasteiger charge is -2.18. The van der Waals surface area contributed by atoms with E-state index in [9.17, 15) is 43.9 Å². The second-order valence-electron chi connectivity index (χ2n) is 7.23. The first-order chi connectivity index (χ1) is 16.2. The molecule has 0 fully saturated rings. The van der Waals surface area contributed by atoms with E-state index in [-0.39, 0.29) is 16.0 Å². The molecule has 2 amide bonds. The Morgan fingerprint density at radius 3 is 2.09 bits per heavy atom. The van der Waals surface area contributed by atoms with Gasteiger partial charge < -0.3 is 5.32 Å². The van der Waals surface area contributed by atoms with Crippen LogP contribution in [0.2, 0.25) is 0 Å². The van der Waals surface area contributed by atoms with Crippen molar-refractivity contribution in [2.45, 2.75) is 14.7 Å². The van der Waals surface area contributed by atoms with Gasteiger partial charge in [-0.3, -0.25) is 24.0 Å². The van der Waals surface area contributed by atoms with Crippen molar-refractivity contribution in [3.8, 4) is 0 Å². The van der Waals surface area contributed by atoms with Crippen molar-refractivity contribution in [1.29, 1.82) is 0 Å². The van der Waals surface area contributed by atoms with Gasteiger partial charge in [-0.1, -0.05) is 24.8 Å². The number of rotatable bonds is 6. The molecule has 182 valence electrons. The summed E-state index contributed by atoms with van der Waals surface area (Å²) in [6.07, 6.45) is 0. The van der Waals surface area contributed by atoms with E-state index in [1.807, 2.05) is 5.32 Å². The van der Waals surface area contributed by atoms with Crippen molar-refractivity contribution in [3.05, 3.63) is 65.6 Å². The summed E-state index contributed by atoms with van der Waals surface area (Å²) in [5.74, 6) is -2.24. The molecule has 0 radical (unpaired) electrons. The lowest BCUT2D eigenvalue weighted by molar-refractivity contribution is 0.0878. The van der Waals surface area contributed by atoms with Crippen molar-refractivity contribution in [2.75, 3.05) is 5.32 Å². The molecule has 0 spiro atoms. The number of carbonyl (C=O) groups excluding carboxylic acids is 2. The summed E-state index contributed by atoms with van der Waals surface area (Å²) < 4.78 is 93.3. The van der Waals surface area contributed by atoms with E-state index in [2.05, 4.69) is 11.9 Å². The molecule has 4 rings (SSSR count). The van der Waals surface area contributed by atoms with Gasteiger partial charge in [-0.05, 0) is 29.7 Å². The number of benzene rings is 3. The van der Waals surface area contributed by atoms with Crippen LogP contribution >= 0.6 is 0 Å². The first kappa shape index (κ1) is 24.5. The van der Waals surface area contributed by atoms with Crippen LogP contribution in [0.15, 0.2) is 69.1 Å². The minimum Gasteiger partial charge on any atom is -0.354 e. The predicted octanol–water partition coefficient (Wildman–Crippen LogP) is 1.88. The highest BCUT2D eigenvalue weighted by molar-refractivity contribution is 7.94. The van der Waals surface area contributed by atoms with Gasteiger partial charge in [-0.15, -0.1) is 0 Å². The van der Waals surface area contributed by atoms with Gasteiger partial charge >= 0.3 is 0 Å². The van der Waals surface area contributed by atoms with Crippen LogP contribution in [0.25, 0.3) is 10.8 Å². The van der Waals surface area contributed by atoms with Crippen LogP contribution in [-0.4, -0.2) is 46.2 Å². The highest BCUT2D eigenvalue weighted by Gasteiger charge is 2.39. The summed E-state index contributed by atoms with van der Waals surface area (Å²) in [7, 11) is -14.3. The molecule has 1 aliphatic rings. The number of sulfone groups is 1. The maximum absolute atomic E-state index is 12.5. The fraction of sp³-hybridized carbons (Fsp3) is 0. The summed E-state index contributed by atoms with van der Waals surface area (Å²) in [5.41, 5.74) is -2.08. The van der Waals surface area contributed by atoms with E-state index in [1.165, 1.54) is 24.3 Å². The van der Waals surface area contributed by atoms with Crippen LogP contribution in [0.1, 0.15) is 20.7 Å². The van der Waals surface area contributed by atoms with Crippen molar-refractivity contribution in [2.24, 2.45) is 0 Å². The number of hydrogen-bond donors (Lipinski definition) is 4. The Morgan fingerprint density at radius 1 is 0.857 bits per heavy atom. The van der Waals surface area contributed by atoms with Crippen LogP contribution in [0, 0.1) is 0 Å². The Kier molecular flexibility index (Phi) is 5.57. The molecule has 4 N–H and O–H groups in total. The first-order valence-electron chi connectivity index (χ1n) is 9.35. The summed E-state index contributed by atoms with van der Waals surface area (Å²) in [5, 5.41) is 4.32. The third-order valence-electron chi connectivity index (χ3n) is 5.12. The van der Waals surface area contributed by atoms with E-state index in [0.29, 0.717) is 5.41 Å². The molecule has 0 saturated carbocycles. The Hall–Kier alpha value is -3.63. The van der Waals surface area contributed by atoms with E-state index < -0.39 is 73.9 Å². The molecule has 1 aliphatic heterocycles. The largest absolute Gasteiger partial charge is 0.354 e. The molecule has 15 heteroatoms. The molecule has 1 heterocycles. The SMILES string of the molecule is C=CS(=O)(=O)c1cccc(Nc2c(S(=O)(=O)O)c3c(c4cccc(S(=O)(=O)O)c24)C(=O)NC3=O)c1. The number of imide groups is 1. The maximum Gasteiger partial charge on any atom is 0.297 e. The number of nitrogens with one attached hydrogen (secondary N) is 2. The zero-order valence-electron chi connectivity index (χ0n) is 17.2. The molecular weight excluding hydrogens is 524 g/mol. The standard InChI is InChI=1S/C20H14N2O10S3/c1-2-33(25,26)11-6-3-5-10(9-11)21-17-14-12(7-4-8-13(14)34(27,28)29)15-16(18(17)35(30,31)32)20(24)22-19(15)23/h2-9,21H,1H2,(H,22,23,24)(H,27,28,29)(H,30,31,32). The Morgan fingerprint density at radius 2 is 1.49 bits per heavy atom. The topological polar surface area (TPSA) is 201 Å². The highest BCUT2D eigenvalue weighted by Crippen LogP contribution is 2.43. The van der Waals surface area contributed by atoms with E-state index in [1.54, 1.807) is 0 Å². The molecule has 0 atom stereocenters. The lowest BCUT2D eigenvalue weighted by Crippen LogP contribution is -2.20. The second kappa shape index (κ2) is 7.96. The third kappa shape index (κ3) is 4.08. The van der Waals surface area contributed by atoms with Crippen molar-refractivity contribution in [3.63, 3.8) is 0 Å². The average Bonchev–Trinajstić information content (AvgIpc) is 3.05. The van der Waals surface area contributed by atoms with Gasteiger partial charge in [-0.2, -0.15) is 16.8 Å². The van der Waals surface area contributed by atoms with E-state index in [0.717, 1.165) is 18.2 Å². The van der Waals surface area contributed by atoms with Crippen molar-refractivity contribution in [1.82, 2.24) is 5.32 Å². The fourth-order valence-corrected chi connectivity index (χ4v) is 6.08. The number of anilines is 2. The number of fused-ring (bicyclic) bond motifs is 3. The molecule has 3 aromatic rings. The van der Waals surface area contributed by atoms with Crippen LogP contribution in [0.3, 0.4) is 0 Å². The number of amides is 2. The van der Waals surface area contributed by atoms with Crippen molar-refractivity contribution < 1.29 is 43.9 Å². The summed E-state index contributed by atoms with van der Waals surface area (Å²) in [6, 6.07) is 8.11. The molecular formula is C20H14N2O10S3. The van der Waals surface area contributed by atoms with Gasteiger partial charge in [0.15, 0.2) is 9.84 Å². The second-order valence-corrected chi connectivity index (χ2v) is 11.9. The van der Waals surface area contributed by atoms with Crippen LogP contribution in [-0.2, 0) is 30.1 Å². The Balaban J connectivity index is 2.21.